The molecule has 1 N–H and O–H groups in total. The van der Waals surface area contributed by atoms with E-state index in [4.69, 9.17) is 14.2 Å². The van der Waals surface area contributed by atoms with E-state index in [2.05, 4.69) is 0 Å². The van der Waals surface area contributed by atoms with Gasteiger partial charge in [0.15, 0.2) is 11.5 Å². The number of carbonyl (C=O) groups is 3. The number of carboxylic acids is 1. The molecule has 0 atom stereocenters. The molecule has 3 rings (SSSR count). The molecule has 0 heterocycles. The van der Waals surface area contributed by atoms with Gasteiger partial charge in [-0.05, 0) is 36.4 Å². The van der Waals surface area contributed by atoms with E-state index in [1.165, 1.54) is 7.11 Å². The molecule has 29 heavy (non-hydrogen) atoms. The first-order chi connectivity index (χ1) is 14.0. The standard InChI is InChI=1S/C22H16O7/c1-27-19-17(28-21(25)14-8-4-2-5-9-14)12-16(20(23)24)13-18(19)29-22(26)15-10-6-3-7-11-15/h2-13H,1H3,(H,23,24). The Hall–Kier alpha value is -4.13. The summed E-state index contributed by atoms with van der Waals surface area (Å²) in [4.78, 5) is 36.3. The van der Waals surface area contributed by atoms with Crippen molar-refractivity contribution in [3.63, 3.8) is 0 Å². The number of ether oxygens (including phenoxy) is 3. The van der Waals surface area contributed by atoms with E-state index in [1.54, 1.807) is 60.7 Å². The van der Waals surface area contributed by atoms with E-state index in [1.807, 2.05) is 0 Å². The van der Waals surface area contributed by atoms with Crippen molar-refractivity contribution in [3.8, 4) is 17.2 Å². The lowest BCUT2D eigenvalue weighted by Crippen LogP contribution is -2.13. The molecule has 0 bridgehead atoms. The largest absolute Gasteiger partial charge is 0.490 e. The van der Waals surface area contributed by atoms with Gasteiger partial charge in [-0.15, -0.1) is 0 Å². The predicted molar refractivity (Wildman–Crippen MR) is 103 cm³/mol. The van der Waals surface area contributed by atoms with Crippen LogP contribution in [0.3, 0.4) is 0 Å². The number of rotatable bonds is 6. The van der Waals surface area contributed by atoms with Crippen LogP contribution in [0.5, 0.6) is 17.2 Å². The van der Waals surface area contributed by atoms with Gasteiger partial charge in [0, 0.05) is 0 Å². The monoisotopic (exact) mass is 392 g/mol. The van der Waals surface area contributed by atoms with Crippen LogP contribution in [0.2, 0.25) is 0 Å². The van der Waals surface area contributed by atoms with E-state index < -0.39 is 17.9 Å². The summed E-state index contributed by atoms with van der Waals surface area (Å²) in [5.41, 5.74) is 0.286. The van der Waals surface area contributed by atoms with Gasteiger partial charge in [0.25, 0.3) is 0 Å². The first-order valence-electron chi connectivity index (χ1n) is 8.49. The van der Waals surface area contributed by atoms with E-state index in [0.717, 1.165) is 12.1 Å². The summed E-state index contributed by atoms with van der Waals surface area (Å²) in [6, 6.07) is 18.6. The second-order valence-corrected chi connectivity index (χ2v) is 5.82. The highest BCUT2D eigenvalue weighted by molar-refractivity contribution is 5.95. The molecule has 3 aromatic carbocycles. The summed E-state index contributed by atoms with van der Waals surface area (Å²) < 4.78 is 15.9. The molecule has 0 aliphatic carbocycles. The third-order valence-corrected chi connectivity index (χ3v) is 3.90. The Morgan fingerprint density at radius 3 is 1.45 bits per heavy atom. The summed E-state index contributed by atoms with van der Waals surface area (Å²) in [6.07, 6.45) is 0. The minimum absolute atomic E-state index is 0.0800. The molecule has 0 spiro atoms. The third-order valence-electron chi connectivity index (χ3n) is 3.90. The normalized spacial score (nSPS) is 10.1. The zero-order chi connectivity index (χ0) is 20.8. The SMILES string of the molecule is COc1c(OC(=O)c2ccccc2)cc(C(=O)O)cc1OC(=O)c1ccccc1. The van der Waals surface area contributed by atoms with E-state index in [9.17, 15) is 19.5 Å². The number of carboxylic acid groups (broad SMARTS) is 1. The number of hydrogen-bond acceptors (Lipinski definition) is 6. The molecule has 0 radical (unpaired) electrons. The number of benzene rings is 3. The molecule has 146 valence electrons. The molecule has 0 saturated heterocycles. The van der Waals surface area contributed by atoms with Crippen molar-refractivity contribution in [1.82, 2.24) is 0 Å². The molecular weight excluding hydrogens is 376 g/mol. The van der Waals surface area contributed by atoms with Gasteiger partial charge in [0.1, 0.15) is 0 Å². The predicted octanol–water partition coefficient (Wildman–Crippen LogP) is 3.83. The Kier molecular flexibility index (Phi) is 5.89. The molecule has 0 aliphatic rings. The Morgan fingerprint density at radius 2 is 1.10 bits per heavy atom. The minimum atomic E-state index is -1.29. The second-order valence-electron chi connectivity index (χ2n) is 5.82. The van der Waals surface area contributed by atoms with Gasteiger partial charge in [0.05, 0.1) is 23.8 Å². The molecule has 0 aliphatic heterocycles. The maximum absolute atomic E-state index is 12.4. The smallest absolute Gasteiger partial charge is 0.343 e. The van der Waals surface area contributed by atoms with Crippen molar-refractivity contribution in [2.75, 3.05) is 7.11 Å². The van der Waals surface area contributed by atoms with Crippen LogP contribution in [0.15, 0.2) is 72.8 Å². The highest BCUT2D eigenvalue weighted by Gasteiger charge is 2.22. The topological polar surface area (TPSA) is 99.1 Å². The number of methoxy groups -OCH3 is 1. The van der Waals surface area contributed by atoms with Crippen LogP contribution in [0.25, 0.3) is 0 Å². The van der Waals surface area contributed by atoms with Gasteiger partial charge in [-0.25, -0.2) is 14.4 Å². The van der Waals surface area contributed by atoms with Gasteiger partial charge in [-0.2, -0.15) is 0 Å². The van der Waals surface area contributed by atoms with Crippen molar-refractivity contribution in [2.24, 2.45) is 0 Å². The van der Waals surface area contributed by atoms with Gasteiger partial charge in [-0.1, -0.05) is 36.4 Å². The fourth-order valence-corrected chi connectivity index (χ4v) is 2.52. The van der Waals surface area contributed by atoms with Crippen molar-refractivity contribution in [1.29, 1.82) is 0 Å². The Bertz CT molecular complexity index is 969. The minimum Gasteiger partial charge on any atom is -0.490 e. The van der Waals surface area contributed by atoms with E-state index >= 15 is 0 Å². The molecule has 0 fully saturated rings. The van der Waals surface area contributed by atoms with Crippen LogP contribution in [-0.4, -0.2) is 30.1 Å². The Morgan fingerprint density at radius 1 is 0.690 bits per heavy atom. The van der Waals surface area contributed by atoms with Crippen molar-refractivity contribution < 1.29 is 33.7 Å². The van der Waals surface area contributed by atoms with Gasteiger partial charge in [0.2, 0.25) is 5.75 Å². The lowest BCUT2D eigenvalue weighted by atomic mass is 10.1. The summed E-state index contributed by atoms with van der Waals surface area (Å²) in [5.74, 6) is -3.17. The maximum atomic E-state index is 12.4. The molecule has 0 aromatic heterocycles. The van der Waals surface area contributed by atoms with Crippen LogP contribution < -0.4 is 14.2 Å². The lowest BCUT2D eigenvalue weighted by molar-refractivity contribution is 0.0676. The number of aromatic carboxylic acids is 1. The maximum Gasteiger partial charge on any atom is 0.343 e. The molecule has 0 unspecified atom stereocenters. The summed E-state index contributed by atoms with van der Waals surface area (Å²) >= 11 is 0. The summed E-state index contributed by atoms with van der Waals surface area (Å²) in [6.45, 7) is 0. The van der Waals surface area contributed by atoms with Gasteiger partial charge >= 0.3 is 17.9 Å². The van der Waals surface area contributed by atoms with Crippen molar-refractivity contribution in [3.05, 3.63) is 89.5 Å². The molecular formula is C22H16O7. The van der Waals surface area contributed by atoms with Gasteiger partial charge < -0.3 is 19.3 Å². The zero-order valence-electron chi connectivity index (χ0n) is 15.3. The highest BCUT2D eigenvalue weighted by atomic mass is 16.6. The third kappa shape index (κ3) is 4.59. The van der Waals surface area contributed by atoms with E-state index in [-0.39, 0.29) is 33.9 Å². The summed E-state index contributed by atoms with van der Waals surface area (Å²) in [5, 5.41) is 9.38. The number of carbonyl (C=O) groups excluding carboxylic acids is 2. The number of hydrogen-bond donors (Lipinski definition) is 1. The first-order valence-corrected chi connectivity index (χ1v) is 8.49. The molecule has 3 aromatic rings. The van der Waals surface area contributed by atoms with Crippen LogP contribution in [-0.2, 0) is 0 Å². The van der Waals surface area contributed by atoms with Gasteiger partial charge in [-0.3, -0.25) is 0 Å². The van der Waals surface area contributed by atoms with Crippen molar-refractivity contribution in [2.45, 2.75) is 0 Å². The van der Waals surface area contributed by atoms with Crippen molar-refractivity contribution >= 4 is 17.9 Å². The van der Waals surface area contributed by atoms with Crippen LogP contribution in [0.4, 0.5) is 0 Å². The highest BCUT2D eigenvalue weighted by Crippen LogP contribution is 2.39. The quantitative estimate of drug-likeness (QED) is 0.503. The Balaban J connectivity index is 1.98. The molecule has 7 nitrogen and oxygen atoms in total. The fraction of sp³-hybridized carbons (Fsp3) is 0.0455. The average molecular weight is 392 g/mol. The lowest BCUT2D eigenvalue weighted by Gasteiger charge is -2.15. The average Bonchev–Trinajstić information content (AvgIpc) is 2.74. The summed E-state index contributed by atoms with van der Waals surface area (Å²) in [7, 11) is 1.29. The fourth-order valence-electron chi connectivity index (χ4n) is 2.52. The number of esters is 2. The van der Waals surface area contributed by atoms with Crippen LogP contribution in [0, 0.1) is 0 Å². The van der Waals surface area contributed by atoms with Crippen LogP contribution in [0.1, 0.15) is 31.1 Å². The van der Waals surface area contributed by atoms with Crippen LogP contribution >= 0.6 is 0 Å². The molecule has 0 saturated carbocycles. The second kappa shape index (κ2) is 8.71. The first kappa shape index (κ1) is 19.6. The van der Waals surface area contributed by atoms with E-state index in [0.29, 0.717) is 0 Å². The zero-order valence-corrected chi connectivity index (χ0v) is 15.3. The molecule has 7 heteroatoms. The Labute approximate surface area is 166 Å². The molecule has 0 amide bonds.